The number of rotatable bonds is 8. The Morgan fingerprint density at radius 3 is 2.43 bits per heavy atom. The highest BCUT2D eigenvalue weighted by molar-refractivity contribution is 5.43. The number of pyridine rings is 1. The van der Waals surface area contributed by atoms with Crippen LogP contribution in [0.5, 0.6) is 0 Å². The first-order valence-corrected chi connectivity index (χ1v) is 7.35. The molecular weight excluding hydrogens is 279 g/mol. The lowest BCUT2D eigenvalue weighted by molar-refractivity contribution is -0.119. The molecule has 0 atom stereocenters. The maximum absolute atomic E-state index is 12.7. The van der Waals surface area contributed by atoms with Gasteiger partial charge in [0.1, 0.15) is 12.4 Å². The van der Waals surface area contributed by atoms with Crippen molar-refractivity contribution >= 4 is 5.82 Å². The van der Waals surface area contributed by atoms with Gasteiger partial charge in [0, 0.05) is 18.8 Å². The van der Waals surface area contributed by atoms with E-state index in [2.05, 4.69) is 10.3 Å². The second-order valence-corrected chi connectivity index (χ2v) is 5.14. The van der Waals surface area contributed by atoms with Gasteiger partial charge in [0.05, 0.1) is 0 Å². The van der Waals surface area contributed by atoms with Crippen molar-refractivity contribution in [1.82, 2.24) is 10.3 Å². The highest BCUT2D eigenvalue weighted by Gasteiger charge is 2.31. The highest BCUT2D eigenvalue weighted by Crippen LogP contribution is 2.23. The highest BCUT2D eigenvalue weighted by atomic mass is 19.4. The van der Waals surface area contributed by atoms with Crippen molar-refractivity contribution in [2.75, 3.05) is 25.0 Å². The Hall–Kier alpha value is -1.30. The van der Waals surface area contributed by atoms with Crippen LogP contribution in [0.15, 0.2) is 12.1 Å². The van der Waals surface area contributed by atoms with E-state index < -0.39 is 12.7 Å². The van der Waals surface area contributed by atoms with E-state index in [-0.39, 0.29) is 0 Å². The van der Waals surface area contributed by atoms with Gasteiger partial charge >= 0.3 is 6.18 Å². The summed E-state index contributed by atoms with van der Waals surface area (Å²) in [6.45, 7) is 3.92. The predicted octanol–water partition coefficient (Wildman–Crippen LogP) is 3.53. The molecule has 21 heavy (non-hydrogen) atoms. The van der Waals surface area contributed by atoms with Gasteiger partial charge < -0.3 is 10.2 Å². The van der Waals surface area contributed by atoms with Gasteiger partial charge in [0.15, 0.2) is 0 Å². The van der Waals surface area contributed by atoms with Gasteiger partial charge in [-0.15, -0.1) is 0 Å². The van der Waals surface area contributed by atoms with Gasteiger partial charge in [-0.2, -0.15) is 13.2 Å². The smallest absolute Gasteiger partial charge is 0.348 e. The Morgan fingerprint density at radius 2 is 1.90 bits per heavy atom. The lowest BCUT2D eigenvalue weighted by atomic mass is 10.1. The summed E-state index contributed by atoms with van der Waals surface area (Å²) in [4.78, 5) is 5.72. The molecule has 1 rings (SSSR count). The van der Waals surface area contributed by atoms with E-state index in [1.807, 2.05) is 27.0 Å². The molecule has 6 heteroatoms. The normalized spacial score (nSPS) is 11.7. The van der Waals surface area contributed by atoms with Crippen molar-refractivity contribution in [2.24, 2.45) is 0 Å². The fraction of sp³-hybridized carbons (Fsp3) is 0.667. The summed E-state index contributed by atoms with van der Waals surface area (Å²) in [5, 5.41) is 3.03. The second-order valence-electron chi connectivity index (χ2n) is 5.14. The van der Waals surface area contributed by atoms with Crippen molar-refractivity contribution in [1.29, 1.82) is 0 Å². The summed E-state index contributed by atoms with van der Waals surface area (Å²) in [7, 11) is 1.82. The maximum atomic E-state index is 12.7. The number of aromatic nitrogens is 1. The third-order valence-corrected chi connectivity index (χ3v) is 3.00. The molecule has 0 unspecified atom stereocenters. The largest absolute Gasteiger partial charge is 0.405 e. The van der Waals surface area contributed by atoms with E-state index in [1.54, 1.807) is 6.07 Å². The van der Waals surface area contributed by atoms with Gasteiger partial charge in [0.25, 0.3) is 0 Å². The van der Waals surface area contributed by atoms with Crippen molar-refractivity contribution in [3.05, 3.63) is 23.4 Å². The Labute approximate surface area is 124 Å². The van der Waals surface area contributed by atoms with Gasteiger partial charge in [-0.3, -0.25) is 0 Å². The first-order valence-electron chi connectivity index (χ1n) is 7.35. The number of anilines is 1. The molecule has 0 spiro atoms. The molecule has 0 saturated heterocycles. The topological polar surface area (TPSA) is 28.2 Å². The average Bonchev–Trinajstić information content (AvgIpc) is 2.37. The summed E-state index contributed by atoms with van der Waals surface area (Å²) in [6.07, 6.45) is -1.88. The Balaban J connectivity index is 3.09. The van der Waals surface area contributed by atoms with E-state index in [4.69, 9.17) is 0 Å². The standard InChI is InChI=1S/C15H24F3N3/c1-4-6-13-8-12(10-19-3)9-14(20-13)21(7-5-2)11-15(16,17)18/h8-9,19H,4-7,10-11H2,1-3H3. The number of nitrogens with zero attached hydrogens (tertiary/aromatic N) is 2. The molecule has 1 N–H and O–H groups in total. The quantitative estimate of drug-likeness (QED) is 0.796. The van der Waals surface area contributed by atoms with E-state index in [0.29, 0.717) is 25.3 Å². The molecular formula is C15H24F3N3. The van der Waals surface area contributed by atoms with Crippen LogP contribution in [0, 0.1) is 0 Å². The average molecular weight is 303 g/mol. The van der Waals surface area contributed by atoms with Crippen molar-refractivity contribution in [3.8, 4) is 0 Å². The van der Waals surface area contributed by atoms with Gasteiger partial charge in [-0.1, -0.05) is 20.3 Å². The molecule has 0 amide bonds. The van der Waals surface area contributed by atoms with Crippen molar-refractivity contribution < 1.29 is 13.2 Å². The maximum Gasteiger partial charge on any atom is 0.405 e. The van der Waals surface area contributed by atoms with Crippen LogP contribution in [0.3, 0.4) is 0 Å². The van der Waals surface area contributed by atoms with Gasteiger partial charge in [0.2, 0.25) is 0 Å². The number of hydrogen-bond donors (Lipinski definition) is 1. The Morgan fingerprint density at radius 1 is 1.19 bits per heavy atom. The summed E-state index contributed by atoms with van der Waals surface area (Å²) in [6, 6.07) is 3.71. The van der Waals surface area contributed by atoms with Gasteiger partial charge in [-0.05, 0) is 37.6 Å². The first-order chi connectivity index (χ1) is 9.89. The van der Waals surface area contributed by atoms with Crippen LogP contribution in [0.25, 0.3) is 0 Å². The number of hydrogen-bond acceptors (Lipinski definition) is 3. The van der Waals surface area contributed by atoms with Crippen LogP contribution in [-0.2, 0) is 13.0 Å². The Kier molecular flexibility index (Phi) is 6.95. The molecule has 0 saturated carbocycles. The first kappa shape index (κ1) is 17.8. The molecule has 1 aromatic heterocycles. The molecule has 1 aromatic rings. The summed E-state index contributed by atoms with van der Waals surface area (Å²) < 4.78 is 38.2. The van der Waals surface area contributed by atoms with Crippen LogP contribution < -0.4 is 10.2 Å². The minimum absolute atomic E-state index is 0.348. The van der Waals surface area contributed by atoms with Crippen LogP contribution >= 0.6 is 0 Å². The van der Waals surface area contributed by atoms with Crippen molar-refractivity contribution in [3.63, 3.8) is 0 Å². The molecule has 0 aliphatic heterocycles. The predicted molar refractivity (Wildman–Crippen MR) is 79.6 cm³/mol. The summed E-state index contributed by atoms with van der Waals surface area (Å²) in [5.74, 6) is 0.422. The molecule has 0 aliphatic rings. The third kappa shape index (κ3) is 6.33. The zero-order chi connectivity index (χ0) is 15.9. The lowest BCUT2D eigenvalue weighted by Gasteiger charge is -2.25. The van der Waals surface area contributed by atoms with E-state index >= 15 is 0 Å². The minimum atomic E-state index is -4.22. The fourth-order valence-corrected chi connectivity index (χ4v) is 2.25. The summed E-state index contributed by atoms with van der Waals surface area (Å²) in [5.41, 5.74) is 1.82. The van der Waals surface area contributed by atoms with E-state index in [1.165, 1.54) is 4.90 Å². The number of aryl methyl sites for hydroxylation is 1. The third-order valence-electron chi connectivity index (χ3n) is 3.00. The van der Waals surface area contributed by atoms with Crippen LogP contribution in [0.1, 0.15) is 37.9 Å². The van der Waals surface area contributed by atoms with Crippen LogP contribution in [0.2, 0.25) is 0 Å². The van der Waals surface area contributed by atoms with Crippen LogP contribution in [0.4, 0.5) is 19.0 Å². The minimum Gasteiger partial charge on any atom is -0.348 e. The molecule has 120 valence electrons. The second kappa shape index (κ2) is 8.22. The number of nitrogens with one attached hydrogen (secondary N) is 1. The van der Waals surface area contributed by atoms with E-state index in [0.717, 1.165) is 24.1 Å². The molecule has 0 radical (unpaired) electrons. The molecule has 0 bridgehead atoms. The zero-order valence-electron chi connectivity index (χ0n) is 12.9. The lowest BCUT2D eigenvalue weighted by Crippen LogP contribution is -2.35. The van der Waals surface area contributed by atoms with Crippen molar-refractivity contribution in [2.45, 2.75) is 45.8 Å². The van der Waals surface area contributed by atoms with E-state index in [9.17, 15) is 13.2 Å². The zero-order valence-corrected chi connectivity index (χ0v) is 12.9. The molecule has 0 aliphatic carbocycles. The monoisotopic (exact) mass is 303 g/mol. The number of halogens is 3. The summed E-state index contributed by atoms with van der Waals surface area (Å²) >= 11 is 0. The molecule has 3 nitrogen and oxygen atoms in total. The molecule has 0 aromatic carbocycles. The number of alkyl halides is 3. The Bertz CT molecular complexity index is 408. The fourth-order valence-electron chi connectivity index (χ4n) is 2.25. The molecule has 1 heterocycles. The van der Waals surface area contributed by atoms with Gasteiger partial charge in [-0.25, -0.2) is 4.98 Å². The SMILES string of the molecule is CCCc1cc(CNC)cc(N(CCC)CC(F)(F)F)n1. The van der Waals surface area contributed by atoms with Crippen LogP contribution in [-0.4, -0.2) is 31.3 Å². The molecule has 0 fully saturated rings.